The smallest absolute Gasteiger partial charge is 0.243 e. The van der Waals surface area contributed by atoms with Crippen LogP contribution >= 0.6 is 27.7 Å². The van der Waals surface area contributed by atoms with Gasteiger partial charge in [-0.1, -0.05) is 65.8 Å². The van der Waals surface area contributed by atoms with Crippen LogP contribution < -0.4 is 0 Å². The number of aromatic nitrogens is 3. The molecule has 0 aliphatic carbocycles. The fourth-order valence-electron chi connectivity index (χ4n) is 2.97. The minimum atomic E-state index is -3.52. The Morgan fingerprint density at radius 2 is 1.79 bits per heavy atom. The maximum Gasteiger partial charge on any atom is 0.243 e. The predicted molar refractivity (Wildman–Crippen MR) is 120 cm³/mol. The van der Waals surface area contributed by atoms with Crippen LogP contribution in [-0.2, 0) is 22.8 Å². The fourth-order valence-corrected chi connectivity index (χ4v) is 5.78. The Bertz CT molecular complexity index is 1100. The topological polar surface area (TPSA) is 68.1 Å². The third kappa shape index (κ3) is 4.91. The zero-order valence-corrected chi connectivity index (χ0v) is 19.8. The largest absolute Gasteiger partial charge is 0.305 e. The lowest BCUT2D eigenvalue weighted by Gasteiger charge is -2.18. The molecule has 154 valence electrons. The number of halogens is 1. The number of sulfonamides is 1. The third-order valence-corrected chi connectivity index (χ3v) is 8.16. The molecule has 0 N–H and O–H groups in total. The first-order chi connectivity index (χ1) is 13.9. The van der Waals surface area contributed by atoms with Crippen LogP contribution in [0.25, 0.3) is 11.4 Å². The van der Waals surface area contributed by atoms with E-state index in [2.05, 4.69) is 38.3 Å². The highest BCUT2D eigenvalue weighted by atomic mass is 79.9. The van der Waals surface area contributed by atoms with Crippen LogP contribution in [0.15, 0.2) is 63.1 Å². The summed E-state index contributed by atoms with van der Waals surface area (Å²) in [6.07, 6.45) is 0. The van der Waals surface area contributed by atoms with Gasteiger partial charge in [0.2, 0.25) is 10.0 Å². The first kappa shape index (κ1) is 22.0. The van der Waals surface area contributed by atoms with Gasteiger partial charge in [0.25, 0.3) is 0 Å². The lowest BCUT2D eigenvalue weighted by atomic mass is 10.2. The van der Waals surface area contributed by atoms with Gasteiger partial charge in [0, 0.05) is 35.9 Å². The van der Waals surface area contributed by atoms with E-state index in [1.807, 2.05) is 43.7 Å². The predicted octanol–water partition coefficient (Wildman–Crippen LogP) is 4.57. The Kier molecular flexibility index (Phi) is 7.15. The summed E-state index contributed by atoms with van der Waals surface area (Å²) in [6.45, 7) is 4.54. The molecular weight excluding hydrogens is 472 g/mol. The number of benzene rings is 2. The average molecular weight is 495 g/mol. The molecule has 2 aromatic carbocycles. The lowest BCUT2D eigenvalue weighted by molar-refractivity contribution is 0.445. The summed E-state index contributed by atoms with van der Waals surface area (Å²) in [5.74, 6) is 1.40. The quantitative estimate of drug-likeness (QED) is 0.429. The van der Waals surface area contributed by atoms with Crippen LogP contribution in [0.1, 0.15) is 19.4 Å². The standard InChI is InChI=1S/C20H23BrN4O2S2/c1-4-25(5-2)29(26,27)18-11-7-9-16(13-18)19-22-23-20(24(19)3)28-14-15-8-6-10-17(21)12-15/h6-13H,4-5,14H2,1-3H3. The van der Waals surface area contributed by atoms with Crippen molar-refractivity contribution >= 4 is 37.7 Å². The van der Waals surface area contributed by atoms with Crippen LogP contribution in [0, 0.1) is 0 Å². The Labute approximate surface area is 184 Å². The second-order valence-electron chi connectivity index (χ2n) is 6.40. The molecule has 0 saturated carbocycles. The molecule has 0 aliphatic rings. The summed E-state index contributed by atoms with van der Waals surface area (Å²) in [5, 5.41) is 9.37. The van der Waals surface area contributed by atoms with E-state index >= 15 is 0 Å². The van der Waals surface area contributed by atoms with E-state index in [0.717, 1.165) is 20.9 Å². The fraction of sp³-hybridized carbons (Fsp3) is 0.300. The molecule has 0 radical (unpaired) electrons. The van der Waals surface area contributed by atoms with Gasteiger partial charge >= 0.3 is 0 Å². The summed E-state index contributed by atoms with van der Waals surface area (Å²) < 4.78 is 30.0. The van der Waals surface area contributed by atoms with E-state index in [4.69, 9.17) is 0 Å². The molecule has 0 spiro atoms. The second-order valence-corrected chi connectivity index (χ2v) is 10.2. The van der Waals surface area contributed by atoms with Crippen LogP contribution in [-0.4, -0.2) is 40.6 Å². The number of hydrogen-bond donors (Lipinski definition) is 0. The maximum atomic E-state index is 12.8. The Morgan fingerprint density at radius 3 is 2.48 bits per heavy atom. The molecule has 0 bridgehead atoms. The van der Waals surface area contributed by atoms with Gasteiger partial charge < -0.3 is 4.57 Å². The van der Waals surface area contributed by atoms with E-state index in [1.54, 1.807) is 30.0 Å². The van der Waals surface area contributed by atoms with Gasteiger partial charge in [-0.05, 0) is 29.8 Å². The van der Waals surface area contributed by atoms with E-state index in [9.17, 15) is 8.42 Å². The van der Waals surface area contributed by atoms with Crippen LogP contribution in [0.5, 0.6) is 0 Å². The van der Waals surface area contributed by atoms with Crippen molar-refractivity contribution in [2.24, 2.45) is 7.05 Å². The van der Waals surface area contributed by atoms with Crippen molar-refractivity contribution in [3.05, 3.63) is 58.6 Å². The van der Waals surface area contributed by atoms with Gasteiger partial charge in [-0.15, -0.1) is 10.2 Å². The number of thioether (sulfide) groups is 1. The van der Waals surface area contributed by atoms with Crippen molar-refractivity contribution in [1.82, 2.24) is 19.1 Å². The monoisotopic (exact) mass is 494 g/mol. The minimum Gasteiger partial charge on any atom is -0.305 e. The molecule has 6 nitrogen and oxygen atoms in total. The molecule has 0 fully saturated rings. The Hall–Kier alpha value is -1.68. The highest BCUT2D eigenvalue weighted by Gasteiger charge is 2.22. The molecule has 0 atom stereocenters. The Morgan fingerprint density at radius 1 is 1.07 bits per heavy atom. The zero-order valence-electron chi connectivity index (χ0n) is 16.5. The molecule has 9 heteroatoms. The number of rotatable bonds is 8. The lowest BCUT2D eigenvalue weighted by Crippen LogP contribution is -2.30. The molecule has 29 heavy (non-hydrogen) atoms. The van der Waals surface area contributed by atoms with Crippen LogP contribution in [0.4, 0.5) is 0 Å². The molecule has 0 unspecified atom stereocenters. The molecular formula is C20H23BrN4O2S2. The summed E-state index contributed by atoms with van der Waals surface area (Å²) in [7, 11) is -1.63. The normalized spacial score (nSPS) is 11.9. The van der Waals surface area contributed by atoms with Crippen molar-refractivity contribution in [3.63, 3.8) is 0 Å². The first-order valence-corrected chi connectivity index (χ1v) is 12.5. The third-order valence-electron chi connectivity index (χ3n) is 4.53. The highest BCUT2D eigenvalue weighted by molar-refractivity contribution is 9.10. The molecule has 3 aromatic rings. The highest BCUT2D eigenvalue weighted by Crippen LogP contribution is 2.28. The SMILES string of the molecule is CCN(CC)S(=O)(=O)c1cccc(-c2nnc(SCc3cccc(Br)c3)n2C)c1. The van der Waals surface area contributed by atoms with Gasteiger partial charge in [0.1, 0.15) is 0 Å². The van der Waals surface area contributed by atoms with Crippen molar-refractivity contribution in [3.8, 4) is 11.4 Å². The first-order valence-electron chi connectivity index (χ1n) is 9.24. The number of nitrogens with zero attached hydrogens (tertiary/aromatic N) is 4. The summed E-state index contributed by atoms with van der Waals surface area (Å²) in [4.78, 5) is 0.269. The summed E-state index contributed by atoms with van der Waals surface area (Å²) in [5.41, 5.74) is 1.91. The van der Waals surface area contributed by atoms with Crippen LogP contribution in [0.3, 0.4) is 0 Å². The van der Waals surface area contributed by atoms with Crippen molar-refractivity contribution in [2.75, 3.05) is 13.1 Å². The van der Waals surface area contributed by atoms with Crippen molar-refractivity contribution in [2.45, 2.75) is 29.7 Å². The van der Waals surface area contributed by atoms with Crippen molar-refractivity contribution < 1.29 is 8.42 Å². The average Bonchev–Trinajstić information content (AvgIpc) is 3.08. The Balaban J connectivity index is 1.85. The minimum absolute atomic E-state index is 0.269. The zero-order chi connectivity index (χ0) is 21.0. The van der Waals surface area contributed by atoms with E-state index < -0.39 is 10.0 Å². The number of hydrogen-bond acceptors (Lipinski definition) is 5. The molecule has 0 saturated heterocycles. The van der Waals surface area contributed by atoms with Gasteiger partial charge in [0.15, 0.2) is 11.0 Å². The van der Waals surface area contributed by atoms with E-state index in [1.165, 1.54) is 9.87 Å². The summed E-state index contributed by atoms with van der Waals surface area (Å²) >= 11 is 5.07. The molecule has 0 aliphatic heterocycles. The molecule has 1 aromatic heterocycles. The van der Waals surface area contributed by atoms with Crippen molar-refractivity contribution in [1.29, 1.82) is 0 Å². The van der Waals surface area contributed by atoms with Gasteiger partial charge in [0.05, 0.1) is 4.90 Å². The molecule has 1 heterocycles. The van der Waals surface area contributed by atoms with Gasteiger partial charge in [-0.3, -0.25) is 0 Å². The van der Waals surface area contributed by atoms with Gasteiger partial charge in [-0.25, -0.2) is 8.42 Å². The second kappa shape index (κ2) is 9.42. The van der Waals surface area contributed by atoms with E-state index in [-0.39, 0.29) is 4.90 Å². The summed E-state index contributed by atoms with van der Waals surface area (Å²) in [6, 6.07) is 15.0. The van der Waals surface area contributed by atoms with E-state index in [0.29, 0.717) is 18.9 Å². The molecule has 3 rings (SSSR count). The van der Waals surface area contributed by atoms with Crippen LogP contribution in [0.2, 0.25) is 0 Å². The maximum absolute atomic E-state index is 12.8. The van der Waals surface area contributed by atoms with Gasteiger partial charge in [-0.2, -0.15) is 4.31 Å². The molecule has 0 amide bonds.